The van der Waals surface area contributed by atoms with Gasteiger partial charge in [-0.3, -0.25) is 4.79 Å². The molecule has 1 aromatic rings. The van der Waals surface area contributed by atoms with Crippen molar-refractivity contribution in [2.75, 3.05) is 13.1 Å². The Balaban J connectivity index is 1.73. The largest absolute Gasteiger partial charge is 0.343 e. The van der Waals surface area contributed by atoms with Gasteiger partial charge in [0.1, 0.15) is 0 Å². The number of carbonyl (C=O) groups excluding carboxylic acids is 1. The molecule has 0 aliphatic carbocycles. The van der Waals surface area contributed by atoms with E-state index in [9.17, 15) is 4.79 Å². The second-order valence-electron chi connectivity index (χ2n) is 6.17. The zero-order valence-electron chi connectivity index (χ0n) is 13.1. The van der Waals surface area contributed by atoms with Gasteiger partial charge in [-0.05, 0) is 30.7 Å². The van der Waals surface area contributed by atoms with Crippen LogP contribution < -0.4 is 5.73 Å². The minimum absolute atomic E-state index is 0.0345. The molecule has 1 unspecified atom stereocenters. The Kier molecular flexibility index (Phi) is 6.24. The molecule has 1 aliphatic heterocycles. The number of nitrogens with two attached hydrogens (primary N) is 1. The summed E-state index contributed by atoms with van der Waals surface area (Å²) in [6, 6.07) is 10.0. The fourth-order valence-electron chi connectivity index (χ4n) is 3.18. The number of rotatable bonds is 6. The maximum absolute atomic E-state index is 12.3. The number of amides is 1. The number of nitrogens with zero attached hydrogens (tertiary/aromatic N) is 1. The van der Waals surface area contributed by atoms with Gasteiger partial charge in [0.05, 0.1) is 0 Å². The Morgan fingerprint density at radius 1 is 1.29 bits per heavy atom. The first-order chi connectivity index (χ1) is 10.2. The normalized spacial score (nSPS) is 17.7. The molecule has 0 aromatic heterocycles. The Labute approximate surface area is 128 Å². The van der Waals surface area contributed by atoms with E-state index in [4.69, 9.17) is 5.73 Å². The van der Waals surface area contributed by atoms with Gasteiger partial charge in [0.25, 0.3) is 0 Å². The van der Waals surface area contributed by atoms with E-state index in [1.807, 2.05) is 35.2 Å². The molecule has 1 aliphatic rings. The summed E-state index contributed by atoms with van der Waals surface area (Å²) in [7, 11) is 0. The average molecular weight is 288 g/mol. The lowest BCUT2D eigenvalue weighted by molar-refractivity contribution is -0.132. The van der Waals surface area contributed by atoms with Gasteiger partial charge in [0, 0.05) is 25.6 Å². The maximum atomic E-state index is 12.3. The summed E-state index contributed by atoms with van der Waals surface area (Å²) in [6.45, 7) is 4.11. The van der Waals surface area contributed by atoms with Crippen LogP contribution in [0, 0.1) is 5.92 Å². The van der Waals surface area contributed by atoms with E-state index in [1.54, 1.807) is 0 Å². The number of piperidine rings is 1. The quantitative estimate of drug-likeness (QED) is 0.870. The fraction of sp³-hybridized carbons (Fsp3) is 0.611. The zero-order chi connectivity index (χ0) is 15.1. The summed E-state index contributed by atoms with van der Waals surface area (Å²) >= 11 is 0. The summed E-state index contributed by atoms with van der Waals surface area (Å²) in [4.78, 5) is 14.3. The SMILES string of the molecule is CCCC1CCN(C(=O)CCC(N)c2ccccc2)CC1. The topological polar surface area (TPSA) is 46.3 Å². The number of hydrogen-bond acceptors (Lipinski definition) is 2. The number of carbonyl (C=O) groups is 1. The molecule has 2 rings (SSSR count). The van der Waals surface area contributed by atoms with E-state index in [1.165, 1.54) is 25.7 Å². The van der Waals surface area contributed by atoms with Crippen LogP contribution in [-0.4, -0.2) is 23.9 Å². The van der Waals surface area contributed by atoms with Crippen LogP contribution in [0.25, 0.3) is 0 Å². The Hall–Kier alpha value is -1.35. The highest BCUT2D eigenvalue weighted by molar-refractivity contribution is 5.76. The minimum Gasteiger partial charge on any atom is -0.343 e. The molecule has 1 atom stereocenters. The van der Waals surface area contributed by atoms with Crippen molar-refractivity contribution in [1.82, 2.24) is 4.90 Å². The molecule has 1 heterocycles. The van der Waals surface area contributed by atoms with E-state index in [-0.39, 0.29) is 11.9 Å². The first-order valence-electron chi connectivity index (χ1n) is 8.29. The highest BCUT2D eigenvalue weighted by atomic mass is 16.2. The molecule has 0 saturated carbocycles. The van der Waals surface area contributed by atoms with Crippen molar-refractivity contribution < 1.29 is 4.79 Å². The van der Waals surface area contributed by atoms with Crippen molar-refractivity contribution in [3.63, 3.8) is 0 Å². The van der Waals surface area contributed by atoms with Gasteiger partial charge in [0.15, 0.2) is 0 Å². The van der Waals surface area contributed by atoms with Crippen LogP contribution in [0.15, 0.2) is 30.3 Å². The first kappa shape index (κ1) is 16.0. The molecule has 116 valence electrons. The second kappa shape index (κ2) is 8.18. The lowest BCUT2D eigenvalue weighted by atomic mass is 9.92. The lowest BCUT2D eigenvalue weighted by Gasteiger charge is -2.32. The molecule has 2 N–H and O–H groups in total. The van der Waals surface area contributed by atoms with Crippen molar-refractivity contribution in [2.24, 2.45) is 11.7 Å². The van der Waals surface area contributed by atoms with Crippen LogP contribution in [0.3, 0.4) is 0 Å². The van der Waals surface area contributed by atoms with Crippen molar-refractivity contribution in [3.05, 3.63) is 35.9 Å². The summed E-state index contributed by atoms with van der Waals surface area (Å²) < 4.78 is 0. The van der Waals surface area contributed by atoms with Gasteiger partial charge in [-0.2, -0.15) is 0 Å². The van der Waals surface area contributed by atoms with Crippen LogP contribution >= 0.6 is 0 Å². The molecule has 1 amide bonds. The van der Waals surface area contributed by atoms with Gasteiger partial charge in [0.2, 0.25) is 5.91 Å². The molecule has 1 fully saturated rings. The molecule has 0 spiro atoms. The van der Waals surface area contributed by atoms with E-state index in [0.717, 1.165) is 31.0 Å². The lowest BCUT2D eigenvalue weighted by Crippen LogP contribution is -2.38. The summed E-state index contributed by atoms with van der Waals surface area (Å²) in [5.41, 5.74) is 7.28. The van der Waals surface area contributed by atoms with Crippen LogP contribution in [-0.2, 0) is 4.79 Å². The van der Waals surface area contributed by atoms with Crippen molar-refractivity contribution in [1.29, 1.82) is 0 Å². The van der Waals surface area contributed by atoms with Crippen LogP contribution in [0.2, 0.25) is 0 Å². The van der Waals surface area contributed by atoms with Gasteiger partial charge < -0.3 is 10.6 Å². The third-order valence-corrected chi connectivity index (χ3v) is 4.56. The fourth-order valence-corrected chi connectivity index (χ4v) is 3.18. The van der Waals surface area contributed by atoms with Crippen LogP contribution in [0.4, 0.5) is 0 Å². The van der Waals surface area contributed by atoms with Crippen LogP contribution in [0.1, 0.15) is 57.1 Å². The highest BCUT2D eigenvalue weighted by Crippen LogP contribution is 2.23. The molecule has 1 saturated heterocycles. The van der Waals surface area contributed by atoms with E-state index in [2.05, 4.69) is 6.92 Å². The van der Waals surface area contributed by atoms with Gasteiger partial charge in [-0.25, -0.2) is 0 Å². The maximum Gasteiger partial charge on any atom is 0.222 e. The van der Waals surface area contributed by atoms with E-state index < -0.39 is 0 Å². The average Bonchev–Trinajstić information content (AvgIpc) is 2.54. The monoisotopic (exact) mass is 288 g/mol. The Morgan fingerprint density at radius 3 is 2.57 bits per heavy atom. The number of hydrogen-bond donors (Lipinski definition) is 1. The smallest absolute Gasteiger partial charge is 0.222 e. The predicted molar refractivity (Wildman–Crippen MR) is 86.8 cm³/mol. The van der Waals surface area contributed by atoms with Crippen LogP contribution in [0.5, 0.6) is 0 Å². The first-order valence-corrected chi connectivity index (χ1v) is 8.29. The van der Waals surface area contributed by atoms with Crippen molar-refractivity contribution >= 4 is 5.91 Å². The van der Waals surface area contributed by atoms with Crippen molar-refractivity contribution in [3.8, 4) is 0 Å². The molecular formula is C18H28N2O. The third kappa shape index (κ3) is 4.85. The number of likely N-dealkylation sites (tertiary alicyclic amines) is 1. The molecule has 1 aromatic carbocycles. The minimum atomic E-state index is -0.0345. The van der Waals surface area contributed by atoms with Gasteiger partial charge >= 0.3 is 0 Å². The van der Waals surface area contributed by atoms with Gasteiger partial charge in [-0.15, -0.1) is 0 Å². The number of benzene rings is 1. The standard InChI is InChI=1S/C18H28N2O/c1-2-6-15-11-13-20(14-12-15)18(21)10-9-17(19)16-7-4-3-5-8-16/h3-5,7-8,15,17H,2,6,9-14,19H2,1H3. The van der Waals surface area contributed by atoms with Gasteiger partial charge in [-0.1, -0.05) is 50.1 Å². The Bertz CT molecular complexity index is 424. The second-order valence-corrected chi connectivity index (χ2v) is 6.17. The molecule has 3 nitrogen and oxygen atoms in total. The van der Waals surface area contributed by atoms with Crippen molar-refractivity contribution in [2.45, 2.75) is 51.5 Å². The molecule has 0 radical (unpaired) electrons. The molecule has 3 heteroatoms. The zero-order valence-corrected chi connectivity index (χ0v) is 13.1. The summed E-state index contributed by atoms with van der Waals surface area (Å²) in [5, 5.41) is 0. The Morgan fingerprint density at radius 2 is 1.95 bits per heavy atom. The molecule has 0 bridgehead atoms. The third-order valence-electron chi connectivity index (χ3n) is 4.56. The summed E-state index contributed by atoms with van der Waals surface area (Å²) in [5.74, 6) is 1.10. The van der Waals surface area contributed by atoms with E-state index in [0.29, 0.717) is 6.42 Å². The highest BCUT2D eigenvalue weighted by Gasteiger charge is 2.22. The molecule has 21 heavy (non-hydrogen) atoms. The van der Waals surface area contributed by atoms with E-state index >= 15 is 0 Å². The predicted octanol–water partition coefficient (Wildman–Crippen LogP) is 3.51. The molecular weight excluding hydrogens is 260 g/mol. The summed E-state index contributed by atoms with van der Waals surface area (Å²) in [6.07, 6.45) is 6.20.